The summed E-state index contributed by atoms with van der Waals surface area (Å²) < 4.78 is 0. The topological polar surface area (TPSA) is 78.9 Å². The lowest BCUT2D eigenvalue weighted by atomic mass is 9.85. The first-order valence-electron chi connectivity index (χ1n) is 7.12. The molecule has 3 atom stereocenters. The molecule has 0 bridgehead atoms. The monoisotopic (exact) mass is 269 g/mol. The van der Waals surface area contributed by atoms with E-state index in [-0.39, 0.29) is 23.7 Å². The number of carbonyl (C=O) groups is 1. The number of amides is 1. The van der Waals surface area contributed by atoms with Gasteiger partial charge in [0.1, 0.15) is 5.92 Å². The molecule has 3 unspecified atom stereocenters. The SMILES string of the molecule is CC1CCCC(N(C)C(=O)C(C(N)=NO)C(C)C)C1. The van der Waals surface area contributed by atoms with Crippen molar-refractivity contribution in [3.8, 4) is 0 Å². The summed E-state index contributed by atoms with van der Waals surface area (Å²) in [6.07, 6.45) is 4.50. The lowest BCUT2D eigenvalue weighted by molar-refractivity contribution is -0.136. The van der Waals surface area contributed by atoms with E-state index < -0.39 is 5.92 Å². The Kier molecular flexibility index (Phi) is 5.63. The van der Waals surface area contributed by atoms with Crippen molar-refractivity contribution in [3.05, 3.63) is 0 Å². The summed E-state index contributed by atoms with van der Waals surface area (Å²) in [6, 6.07) is 0.281. The number of amidine groups is 1. The van der Waals surface area contributed by atoms with Crippen molar-refractivity contribution < 1.29 is 10.0 Å². The molecule has 1 aliphatic rings. The summed E-state index contributed by atoms with van der Waals surface area (Å²) in [5, 5.41) is 11.8. The van der Waals surface area contributed by atoms with Gasteiger partial charge in [0.2, 0.25) is 5.91 Å². The van der Waals surface area contributed by atoms with Crippen molar-refractivity contribution in [2.45, 2.75) is 52.5 Å². The van der Waals surface area contributed by atoms with Crippen molar-refractivity contribution in [2.24, 2.45) is 28.6 Å². The number of nitrogens with zero attached hydrogens (tertiary/aromatic N) is 2. The molecule has 19 heavy (non-hydrogen) atoms. The maximum atomic E-state index is 12.5. The van der Waals surface area contributed by atoms with Crippen molar-refractivity contribution >= 4 is 11.7 Å². The van der Waals surface area contributed by atoms with Crippen molar-refractivity contribution in [3.63, 3.8) is 0 Å². The van der Waals surface area contributed by atoms with Gasteiger partial charge in [-0.25, -0.2) is 0 Å². The fourth-order valence-electron chi connectivity index (χ4n) is 2.97. The second-order valence-corrected chi connectivity index (χ2v) is 6.12. The fourth-order valence-corrected chi connectivity index (χ4v) is 2.97. The number of carbonyl (C=O) groups excluding carboxylic acids is 1. The Hall–Kier alpha value is -1.26. The zero-order valence-corrected chi connectivity index (χ0v) is 12.5. The molecule has 0 spiro atoms. The van der Waals surface area contributed by atoms with Gasteiger partial charge in [0.15, 0.2) is 5.84 Å². The molecule has 1 amide bonds. The second-order valence-electron chi connectivity index (χ2n) is 6.12. The number of oxime groups is 1. The van der Waals surface area contributed by atoms with Gasteiger partial charge in [-0.3, -0.25) is 4.79 Å². The van der Waals surface area contributed by atoms with E-state index in [1.165, 1.54) is 12.8 Å². The molecule has 0 aromatic heterocycles. The highest BCUT2D eigenvalue weighted by atomic mass is 16.4. The normalized spacial score (nSPS) is 26.3. The number of nitrogens with two attached hydrogens (primary N) is 1. The summed E-state index contributed by atoms with van der Waals surface area (Å²) in [7, 11) is 1.84. The van der Waals surface area contributed by atoms with Crippen molar-refractivity contribution in [1.29, 1.82) is 0 Å². The summed E-state index contributed by atoms with van der Waals surface area (Å²) in [5.41, 5.74) is 5.67. The largest absolute Gasteiger partial charge is 0.409 e. The molecule has 0 aliphatic heterocycles. The predicted octanol–water partition coefficient (Wildman–Crippen LogP) is 2.04. The van der Waals surface area contributed by atoms with Gasteiger partial charge < -0.3 is 15.8 Å². The van der Waals surface area contributed by atoms with E-state index >= 15 is 0 Å². The third-order valence-corrected chi connectivity index (χ3v) is 4.17. The molecular weight excluding hydrogens is 242 g/mol. The quantitative estimate of drug-likeness (QED) is 0.355. The van der Waals surface area contributed by atoms with Gasteiger partial charge in [0.25, 0.3) is 0 Å². The van der Waals surface area contributed by atoms with Crippen LogP contribution in [-0.2, 0) is 4.79 Å². The molecule has 5 nitrogen and oxygen atoms in total. The Morgan fingerprint density at radius 2 is 2.05 bits per heavy atom. The molecule has 1 aliphatic carbocycles. The van der Waals surface area contributed by atoms with E-state index in [4.69, 9.17) is 10.9 Å². The van der Waals surface area contributed by atoms with E-state index in [9.17, 15) is 4.79 Å². The average molecular weight is 269 g/mol. The van der Waals surface area contributed by atoms with E-state index in [2.05, 4.69) is 12.1 Å². The molecule has 110 valence electrons. The second kappa shape index (κ2) is 6.78. The Labute approximate surface area is 115 Å². The molecule has 0 heterocycles. The Bertz CT molecular complexity index is 342. The van der Waals surface area contributed by atoms with Crippen LogP contribution in [0, 0.1) is 17.8 Å². The first-order valence-corrected chi connectivity index (χ1v) is 7.12. The molecule has 3 N–H and O–H groups in total. The third kappa shape index (κ3) is 3.85. The van der Waals surface area contributed by atoms with Gasteiger partial charge in [0.05, 0.1) is 0 Å². The zero-order valence-electron chi connectivity index (χ0n) is 12.5. The number of rotatable bonds is 4. The third-order valence-electron chi connectivity index (χ3n) is 4.17. The van der Waals surface area contributed by atoms with Crippen LogP contribution in [0.2, 0.25) is 0 Å². The van der Waals surface area contributed by atoms with Crippen LogP contribution in [0.5, 0.6) is 0 Å². The number of hydrogen-bond donors (Lipinski definition) is 2. The lowest BCUT2D eigenvalue weighted by Crippen LogP contribution is -2.47. The Balaban J connectivity index is 2.78. The molecule has 1 saturated carbocycles. The van der Waals surface area contributed by atoms with E-state index in [1.807, 2.05) is 20.9 Å². The molecule has 1 rings (SSSR count). The van der Waals surface area contributed by atoms with E-state index in [1.54, 1.807) is 4.90 Å². The van der Waals surface area contributed by atoms with Gasteiger partial charge in [-0.05, 0) is 24.7 Å². The van der Waals surface area contributed by atoms with Crippen LogP contribution in [0.4, 0.5) is 0 Å². The zero-order chi connectivity index (χ0) is 14.6. The van der Waals surface area contributed by atoms with Gasteiger partial charge in [-0.1, -0.05) is 38.8 Å². The molecule has 0 aromatic rings. The van der Waals surface area contributed by atoms with Crippen LogP contribution in [-0.4, -0.2) is 34.9 Å². The predicted molar refractivity (Wildman–Crippen MR) is 75.9 cm³/mol. The first kappa shape index (κ1) is 15.8. The van der Waals surface area contributed by atoms with Crippen molar-refractivity contribution in [1.82, 2.24) is 4.90 Å². The summed E-state index contributed by atoms with van der Waals surface area (Å²) >= 11 is 0. The number of hydrogen-bond acceptors (Lipinski definition) is 3. The molecular formula is C14H27N3O2. The van der Waals surface area contributed by atoms with Crippen LogP contribution >= 0.6 is 0 Å². The standard InChI is InChI=1S/C14H27N3O2/c1-9(2)12(13(15)16-19)14(18)17(4)11-7-5-6-10(3)8-11/h9-12,19H,5-8H2,1-4H3,(H2,15,16). The van der Waals surface area contributed by atoms with Gasteiger partial charge >= 0.3 is 0 Å². The minimum atomic E-state index is -0.535. The van der Waals surface area contributed by atoms with E-state index in [0.29, 0.717) is 5.92 Å². The van der Waals surface area contributed by atoms with E-state index in [0.717, 1.165) is 12.8 Å². The van der Waals surface area contributed by atoms with Gasteiger partial charge in [-0.15, -0.1) is 0 Å². The highest BCUT2D eigenvalue weighted by Crippen LogP contribution is 2.28. The van der Waals surface area contributed by atoms with Crippen LogP contribution in [0.25, 0.3) is 0 Å². The highest BCUT2D eigenvalue weighted by molar-refractivity contribution is 6.02. The molecule has 1 fully saturated rings. The van der Waals surface area contributed by atoms with Crippen LogP contribution in [0.3, 0.4) is 0 Å². The highest BCUT2D eigenvalue weighted by Gasteiger charge is 2.33. The minimum absolute atomic E-state index is 0.00991. The maximum absolute atomic E-state index is 12.5. The summed E-state index contributed by atoms with van der Waals surface area (Å²) in [5.74, 6) is 0.120. The smallest absolute Gasteiger partial charge is 0.233 e. The lowest BCUT2D eigenvalue weighted by Gasteiger charge is -2.36. The summed E-state index contributed by atoms with van der Waals surface area (Å²) in [4.78, 5) is 14.3. The molecule has 0 radical (unpaired) electrons. The maximum Gasteiger partial charge on any atom is 0.233 e. The Morgan fingerprint density at radius 1 is 1.42 bits per heavy atom. The van der Waals surface area contributed by atoms with Crippen molar-refractivity contribution in [2.75, 3.05) is 7.05 Å². The summed E-state index contributed by atoms with van der Waals surface area (Å²) in [6.45, 7) is 6.06. The van der Waals surface area contributed by atoms with Crippen LogP contribution < -0.4 is 5.73 Å². The molecule has 0 saturated heterocycles. The van der Waals surface area contributed by atoms with Gasteiger partial charge in [0, 0.05) is 13.1 Å². The minimum Gasteiger partial charge on any atom is -0.409 e. The van der Waals surface area contributed by atoms with Crippen LogP contribution in [0.1, 0.15) is 46.5 Å². The molecule has 5 heteroatoms. The first-order chi connectivity index (χ1) is 8.88. The fraction of sp³-hybridized carbons (Fsp3) is 0.857. The average Bonchev–Trinajstić information content (AvgIpc) is 2.37. The molecule has 0 aromatic carbocycles. The van der Waals surface area contributed by atoms with Crippen LogP contribution in [0.15, 0.2) is 5.16 Å². The Morgan fingerprint density at radius 3 is 2.53 bits per heavy atom. The van der Waals surface area contributed by atoms with Gasteiger partial charge in [-0.2, -0.15) is 0 Å².